The lowest BCUT2D eigenvalue weighted by atomic mass is 9.96. The molecule has 0 aliphatic carbocycles. The molecule has 1 aromatic rings. The molecule has 1 N–H and O–H groups in total. The minimum Gasteiger partial charge on any atom is -0.506 e. The molecule has 0 aromatic heterocycles. The Kier molecular flexibility index (Phi) is 4.41. The fraction of sp³-hybridized carbons (Fsp3) is 0.571. The van der Waals surface area contributed by atoms with Gasteiger partial charge in [0.15, 0.2) is 0 Å². The molecule has 1 aliphatic rings. The van der Waals surface area contributed by atoms with Crippen molar-refractivity contribution >= 4 is 23.2 Å². The van der Waals surface area contributed by atoms with Crippen molar-refractivity contribution < 1.29 is 5.11 Å². The number of benzene rings is 1. The smallest absolute Gasteiger partial charge is 0.138 e. The first-order chi connectivity index (χ1) is 8.49. The van der Waals surface area contributed by atoms with Crippen molar-refractivity contribution in [3.63, 3.8) is 0 Å². The van der Waals surface area contributed by atoms with Crippen LogP contribution in [0.4, 0.5) is 0 Å². The van der Waals surface area contributed by atoms with Gasteiger partial charge in [-0.1, -0.05) is 29.6 Å². The molecule has 1 saturated heterocycles. The van der Waals surface area contributed by atoms with Crippen LogP contribution in [0.5, 0.6) is 5.75 Å². The quantitative estimate of drug-likeness (QED) is 0.868. The number of aromatic hydroxyl groups is 1. The van der Waals surface area contributed by atoms with Crippen molar-refractivity contribution in [2.45, 2.75) is 51.7 Å². The lowest BCUT2D eigenvalue weighted by Gasteiger charge is -2.39. The van der Waals surface area contributed by atoms with Crippen LogP contribution >= 0.6 is 23.2 Å². The van der Waals surface area contributed by atoms with Crippen LogP contribution in [-0.4, -0.2) is 22.1 Å². The summed E-state index contributed by atoms with van der Waals surface area (Å²) < 4.78 is 0. The maximum absolute atomic E-state index is 10.0. The number of phenolic OH excluding ortho intramolecular Hbond substituents is 1. The van der Waals surface area contributed by atoms with E-state index < -0.39 is 0 Å². The molecule has 1 aliphatic heterocycles. The predicted octanol–water partition coefficient (Wildman–Crippen LogP) is 4.46. The summed E-state index contributed by atoms with van der Waals surface area (Å²) in [6, 6.07) is 4.44. The average Bonchev–Trinajstić information content (AvgIpc) is 2.30. The van der Waals surface area contributed by atoms with E-state index in [4.69, 9.17) is 23.2 Å². The number of hydrogen-bond donors (Lipinski definition) is 1. The summed E-state index contributed by atoms with van der Waals surface area (Å²) in [5.41, 5.74) is 0.813. The van der Waals surface area contributed by atoms with Gasteiger partial charge in [0.05, 0.1) is 5.02 Å². The summed E-state index contributed by atoms with van der Waals surface area (Å²) in [7, 11) is 0. The normalized spacial score (nSPS) is 25.3. The number of piperidine rings is 1. The Morgan fingerprint density at radius 2 is 1.83 bits per heavy atom. The summed E-state index contributed by atoms with van der Waals surface area (Å²) in [5, 5.41) is 10.9. The van der Waals surface area contributed by atoms with Crippen molar-refractivity contribution in [1.82, 2.24) is 4.90 Å². The molecule has 100 valence electrons. The van der Waals surface area contributed by atoms with Crippen LogP contribution in [-0.2, 0) is 6.54 Å². The lowest BCUT2D eigenvalue weighted by molar-refractivity contribution is 0.0944. The van der Waals surface area contributed by atoms with E-state index in [0.29, 0.717) is 28.7 Å². The Balaban J connectivity index is 2.22. The van der Waals surface area contributed by atoms with Crippen molar-refractivity contribution in [1.29, 1.82) is 0 Å². The first-order valence-corrected chi connectivity index (χ1v) is 7.17. The summed E-state index contributed by atoms with van der Waals surface area (Å²) in [5.74, 6) is 0.158. The zero-order chi connectivity index (χ0) is 13.3. The van der Waals surface area contributed by atoms with Gasteiger partial charge in [0.2, 0.25) is 0 Å². The molecular formula is C14H19Cl2NO. The standard InChI is InChI=1S/C14H19Cl2NO/c1-9-4-3-5-10(2)17(9)8-11-6-12(15)7-13(16)14(11)18/h6-7,9-10,18H,3-5,8H2,1-2H3. The Hall–Kier alpha value is -0.440. The number of phenols is 1. The van der Waals surface area contributed by atoms with E-state index in [0.717, 1.165) is 5.56 Å². The van der Waals surface area contributed by atoms with E-state index in [-0.39, 0.29) is 5.75 Å². The van der Waals surface area contributed by atoms with Crippen LogP contribution in [0.25, 0.3) is 0 Å². The number of halogens is 2. The van der Waals surface area contributed by atoms with Crippen LogP contribution in [0.2, 0.25) is 10.0 Å². The van der Waals surface area contributed by atoms with Gasteiger partial charge in [-0.25, -0.2) is 0 Å². The third-order valence-corrected chi connectivity index (χ3v) is 4.34. The Morgan fingerprint density at radius 1 is 1.22 bits per heavy atom. The Bertz CT molecular complexity index is 426. The van der Waals surface area contributed by atoms with Gasteiger partial charge in [0.25, 0.3) is 0 Å². The molecule has 1 aromatic carbocycles. The minimum absolute atomic E-state index is 0.158. The molecule has 0 saturated carbocycles. The summed E-state index contributed by atoms with van der Waals surface area (Å²) in [6.45, 7) is 5.17. The third-order valence-electron chi connectivity index (χ3n) is 3.84. The van der Waals surface area contributed by atoms with Gasteiger partial charge in [-0.05, 0) is 38.8 Å². The van der Waals surface area contributed by atoms with E-state index in [2.05, 4.69) is 18.7 Å². The molecule has 0 bridgehead atoms. The number of hydrogen-bond acceptors (Lipinski definition) is 2. The minimum atomic E-state index is 0.158. The van der Waals surface area contributed by atoms with Crippen LogP contribution in [0, 0.1) is 0 Å². The lowest BCUT2D eigenvalue weighted by Crippen LogP contribution is -2.42. The number of likely N-dealkylation sites (tertiary alicyclic amines) is 1. The van der Waals surface area contributed by atoms with E-state index in [9.17, 15) is 5.11 Å². The van der Waals surface area contributed by atoms with Crippen molar-refractivity contribution in [2.24, 2.45) is 0 Å². The average molecular weight is 288 g/mol. The van der Waals surface area contributed by atoms with Gasteiger partial charge in [-0.15, -0.1) is 0 Å². The highest BCUT2D eigenvalue weighted by atomic mass is 35.5. The van der Waals surface area contributed by atoms with Crippen LogP contribution in [0.3, 0.4) is 0 Å². The van der Waals surface area contributed by atoms with E-state index in [1.807, 2.05) is 0 Å². The van der Waals surface area contributed by atoms with E-state index in [1.165, 1.54) is 19.3 Å². The van der Waals surface area contributed by atoms with E-state index in [1.54, 1.807) is 12.1 Å². The molecule has 18 heavy (non-hydrogen) atoms. The highest BCUT2D eigenvalue weighted by Crippen LogP contribution is 2.34. The second kappa shape index (κ2) is 5.68. The highest BCUT2D eigenvalue weighted by molar-refractivity contribution is 6.35. The zero-order valence-electron chi connectivity index (χ0n) is 10.8. The maximum Gasteiger partial charge on any atom is 0.138 e. The van der Waals surface area contributed by atoms with Gasteiger partial charge < -0.3 is 5.11 Å². The first kappa shape index (κ1) is 14.0. The Morgan fingerprint density at radius 3 is 2.44 bits per heavy atom. The summed E-state index contributed by atoms with van der Waals surface area (Å²) >= 11 is 12.0. The van der Waals surface area contributed by atoms with Gasteiger partial charge in [0.1, 0.15) is 5.75 Å². The monoisotopic (exact) mass is 287 g/mol. The molecule has 0 spiro atoms. The Labute approximate surface area is 119 Å². The van der Waals surface area contributed by atoms with Gasteiger partial charge >= 0.3 is 0 Å². The third kappa shape index (κ3) is 2.93. The van der Waals surface area contributed by atoms with Crippen LogP contribution in [0.15, 0.2) is 12.1 Å². The summed E-state index contributed by atoms with van der Waals surface area (Å²) in [6.07, 6.45) is 3.69. The molecule has 1 fully saturated rings. The van der Waals surface area contributed by atoms with Crippen LogP contribution < -0.4 is 0 Å². The fourth-order valence-corrected chi connectivity index (χ4v) is 3.26. The molecule has 1 heterocycles. The van der Waals surface area contributed by atoms with Gasteiger partial charge in [-0.2, -0.15) is 0 Å². The molecule has 2 rings (SSSR count). The highest BCUT2D eigenvalue weighted by Gasteiger charge is 2.25. The van der Waals surface area contributed by atoms with Crippen LogP contribution in [0.1, 0.15) is 38.7 Å². The molecule has 2 nitrogen and oxygen atoms in total. The largest absolute Gasteiger partial charge is 0.506 e. The molecule has 4 heteroatoms. The maximum atomic E-state index is 10.0. The molecule has 2 atom stereocenters. The second-order valence-electron chi connectivity index (χ2n) is 5.20. The molecule has 0 amide bonds. The fourth-order valence-electron chi connectivity index (χ4n) is 2.72. The predicted molar refractivity (Wildman–Crippen MR) is 76.4 cm³/mol. The number of nitrogens with zero attached hydrogens (tertiary/aromatic N) is 1. The summed E-state index contributed by atoms with van der Waals surface area (Å²) in [4.78, 5) is 2.41. The second-order valence-corrected chi connectivity index (χ2v) is 6.04. The van der Waals surface area contributed by atoms with Crippen molar-refractivity contribution in [3.05, 3.63) is 27.7 Å². The van der Waals surface area contributed by atoms with Gasteiger partial charge in [0, 0.05) is 29.2 Å². The molecule has 2 unspecified atom stereocenters. The molecular weight excluding hydrogens is 269 g/mol. The zero-order valence-corrected chi connectivity index (χ0v) is 12.3. The van der Waals surface area contributed by atoms with Crippen molar-refractivity contribution in [2.75, 3.05) is 0 Å². The first-order valence-electron chi connectivity index (χ1n) is 6.41. The number of rotatable bonds is 2. The topological polar surface area (TPSA) is 23.5 Å². The van der Waals surface area contributed by atoms with Gasteiger partial charge in [-0.3, -0.25) is 4.90 Å². The van der Waals surface area contributed by atoms with E-state index >= 15 is 0 Å². The SMILES string of the molecule is CC1CCCC(C)N1Cc1cc(Cl)cc(Cl)c1O. The van der Waals surface area contributed by atoms with Crippen molar-refractivity contribution in [3.8, 4) is 5.75 Å². The molecule has 0 radical (unpaired) electrons.